The van der Waals surface area contributed by atoms with Gasteiger partial charge in [0.05, 0.1) is 0 Å². The minimum absolute atomic E-state index is 0.777. The van der Waals surface area contributed by atoms with Crippen LogP contribution in [0, 0.1) is 5.92 Å². The third-order valence-electron chi connectivity index (χ3n) is 3.30. The summed E-state index contributed by atoms with van der Waals surface area (Å²) in [5.74, 6) is 0.777. The van der Waals surface area contributed by atoms with Crippen molar-refractivity contribution in [1.82, 2.24) is 0 Å². The van der Waals surface area contributed by atoms with Crippen LogP contribution in [0.4, 0.5) is 5.69 Å². The number of aryl methyl sites for hydroxylation is 1. The molecule has 2 heteroatoms. The molecule has 0 atom stereocenters. The molecular weight excluding hydrogens is 198 g/mol. The number of benzene rings is 1. The van der Waals surface area contributed by atoms with Gasteiger partial charge in [-0.15, -0.1) is 0 Å². The lowest BCUT2D eigenvalue weighted by Gasteiger charge is -2.22. The number of hydrogen-bond donors (Lipinski definition) is 1. The zero-order valence-electron chi connectivity index (χ0n) is 10.0. The van der Waals surface area contributed by atoms with E-state index in [0.29, 0.717) is 0 Å². The van der Waals surface area contributed by atoms with Crippen LogP contribution >= 0.6 is 0 Å². The lowest BCUT2D eigenvalue weighted by Crippen LogP contribution is -2.22. The highest BCUT2D eigenvalue weighted by atomic mass is 16.5. The van der Waals surface area contributed by atoms with Crippen LogP contribution in [-0.4, -0.2) is 19.8 Å². The molecule has 2 rings (SSSR count). The molecule has 1 aliphatic rings. The van der Waals surface area contributed by atoms with Crippen LogP contribution in [0.3, 0.4) is 0 Å². The van der Waals surface area contributed by atoms with Crippen molar-refractivity contribution in [3.63, 3.8) is 0 Å². The van der Waals surface area contributed by atoms with E-state index < -0.39 is 0 Å². The van der Waals surface area contributed by atoms with E-state index in [4.69, 9.17) is 4.74 Å². The van der Waals surface area contributed by atoms with Gasteiger partial charge in [-0.05, 0) is 42.9 Å². The smallest absolute Gasteiger partial charge is 0.0469 e. The third kappa shape index (κ3) is 3.24. The fraction of sp³-hybridized carbons (Fsp3) is 0.571. The highest BCUT2D eigenvalue weighted by Gasteiger charge is 2.12. The molecule has 1 heterocycles. The predicted octanol–water partition coefficient (Wildman–Crippen LogP) is 3.09. The minimum Gasteiger partial charge on any atom is -0.385 e. The van der Waals surface area contributed by atoms with E-state index >= 15 is 0 Å². The molecule has 1 aliphatic heterocycles. The van der Waals surface area contributed by atoms with E-state index in [-0.39, 0.29) is 0 Å². The lowest BCUT2D eigenvalue weighted by atomic mass is 10.0. The summed E-state index contributed by atoms with van der Waals surface area (Å²) in [6, 6.07) is 8.76. The largest absolute Gasteiger partial charge is 0.385 e. The monoisotopic (exact) mass is 219 g/mol. The normalized spacial score (nSPS) is 17.3. The Balaban J connectivity index is 1.79. The number of nitrogens with one attached hydrogen (secondary N) is 1. The van der Waals surface area contributed by atoms with Gasteiger partial charge in [-0.3, -0.25) is 0 Å². The predicted molar refractivity (Wildman–Crippen MR) is 67.9 cm³/mol. The average Bonchev–Trinajstić information content (AvgIpc) is 2.38. The van der Waals surface area contributed by atoms with Crippen LogP contribution < -0.4 is 5.32 Å². The van der Waals surface area contributed by atoms with Crippen molar-refractivity contribution in [2.24, 2.45) is 5.92 Å². The van der Waals surface area contributed by atoms with E-state index in [1.165, 1.54) is 24.1 Å². The minimum atomic E-state index is 0.777. The molecule has 1 aromatic rings. The molecule has 0 radical (unpaired) electrons. The van der Waals surface area contributed by atoms with E-state index in [0.717, 1.165) is 32.1 Å². The number of anilines is 1. The van der Waals surface area contributed by atoms with Gasteiger partial charge in [0.15, 0.2) is 0 Å². The summed E-state index contributed by atoms with van der Waals surface area (Å²) in [5, 5.41) is 3.51. The van der Waals surface area contributed by atoms with Gasteiger partial charge in [0.25, 0.3) is 0 Å². The first-order valence-corrected chi connectivity index (χ1v) is 6.29. The Morgan fingerprint density at radius 3 is 2.50 bits per heavy atom. The zero-order valence-corrected chi connectivity index (χ0v) is 10.0. The Morgan fingerprint density at radius 2 is 1.88 bits per heavy atom. The standard InChI is InChI=1S/C14H21NO/c1-2-12-3-5-14(6-4-12)15-11-13-7-9-16-10-8-13/h3-6,13,15H,2,7-11H2,1H3. The quantitative estimate of drug-likeness (QED) is 0.840. The van der Waals surface area contributed by atoms with Crippen LogP contribution in [0.5, 0.6) is 0 Å². The highest BCUT2D eigenvalue weighted by Crippen LogP contribution is 2.16. The van der Waals surface area contributed by atoms with Gasteiger partial charge in [-0.2, -0.15) is 0 Å². The maximum absolute atomic E-state index is 5.35. The molecule has 0 spiro atoms. The Hall–Kier alpha value is -1.02. The lowest BCUT2D eigenvalue weighted by molar-refractivity contribution is 0.0699. The zero-order chi connectivity index (χ0) is 11.2. The summed E-state index contributed by atoms with van der Waals surface area (Å²) in [6.45, 7) is 5.13. The second-order valence-corrected chi connectivity index (χ2v) is 4.49. The Morgan fingerprint density at radius 1 is 1.19 bits per heavy atom. The molecule has 0 unspecified atom stereocenters. The molecule has 0 aromatic heterocycles. The van der Waals surface area contributed by atoms with E-state index in [1.807, 2.05) is 0 Å². The Kier molecular flexibility index (Phi) is 4.23. The maximum atomic E-state index is 5.35. The van der Waals surface area contributed by atoms with Gasteiger partial charge < -0.3 is 10.1 Å². The number of rotatable bonds is 4. The van der Waals surface area contributed by atoms with Crippen molar-refractivity contribution in [3.05, 3.63) is 29.8 Å². The molecule has 0 saturated carbocycles. The Bertz CT molecular complexity index is 301. The second kappa shape index (κ2) is 5.90. The first kappa shape index (κ1) is 11.5. The molecule has 1 fully saturated rings. The Labute approximate surface area is 98.0 Å². The van der Waals surface area contributed by atoms with Crippen molar-refractivity contribution in [2.75, 3.05) is 25.1 Å². The van der Waals surface area contributed by atoms with E-state index in [9.17, 15) is 0 Å². The summed E-state index contributed by atoms with van der Waals surface area (Å²) < 4.78 is 5.35. The summed E-state index contributed by atoms with van der Waals surface area (Å²) in [4.78, 5) is 0. The molecule has 0 bridgehead atoms. The molecule has 1 saturated heterocycles. The average molecular weight is 219 g/mol. The van der Waals surface area contributed by atoms with Crippen molar-refractivity contribution < 1.29 is 4.74 Å². The molecule has 2 nitrogen and oxygen atoms in total. The van der Waals surface area contributed by atoms with Gasteiger partial charge in [0, 0.05) is 25.4 Å². The fourth-order valence-corrected chi connectivity index (χ4v) is 2.07. The van der Waals surface area contributed by atoms with Crippen LogP contribution in [0.25, 0.3) is 0 Å². The van der Waals surface area contributed by atoms with Crippen LogP contribution in [0.2, 0.25) is 0 Å². The number of hydrogen-bond acceptors (Lipinski definition) is 2. The van der Waals surface area contributed by atoms with Crippen molar-refractivity contribution in [1.29, 1.82) is 0 Å². The van der Waals surface area contributed by atoms with E-state index in [2.05, 4.69) is 36.5 Å². The molecule has 0 aliphatic carbocycles. The molecule has 0 amide bonds. The van der Waals surface area contributed by atoms with Gasteiger partial charge in [0.2, 0.25) is 0 Å². The first-order chi connectivity index (χ1) is 7.88. The maximum Gasteiger partial charge on any atom is 0.0469 e. The summed E-state index contributed by atoms with van der Waals surface area (Å²) in [5.41, 5.74) is 2.64. The van der Waals surface area contributed by atoms with Crippen molar-refractivity contribution in [3.8, 4) is 0 Å². The topological polar surface area (TPSA) is 21.3 Å². The second-order valence-electron chi connectivity index (χ2n) is 4.49. The van der Waals surface area contributed by atoms with Gasteiger partial charge in [-0.25, -0.2) is 0 Å². The molecule has 1 aromatic carbocycles. The van der Waals surface area contributed by atoms with Crippen molar-refractivity contribution >= 4 is 5.69 Å². The molecule has 16 heavy (non-hydrogen) atoms. The van der Waals surface area contributed by atoms with Gasteiger partial charge >= 0.3 is 0 Å². The number of ether oxygens (including phenoxy) is 1. The SMILES string of the molecule is CCc1ccc(NCC2CCOCC2)cc1. The molecule has 1 N–H and O–H groups in total. The summed E-state index contributed by atoms with van der Waals surface area (Å²) in [6.07, 6.45) is 3.50. The third-order valence-corrected chi connectivity index (χ3v) is 3.30. The molecule has 88 valence electrons. The fourth-order valence-electron chi connectivity index (χ4n) is 2.07. The summed E-state index contributed by atoms with van der Waals surface area (Å²) >= 11 is 0. The van der Waals surface area contributed by atoms with E-state index in [1.54, 1.807) is 0 Å². The first-order valence-electron chi connectivity index (χ1n) is 6.29. The summed E-state index contributed by atoms with van der Waals surface area (Å²) in [7, 11) is 0. The van der Waals surface area contributed by atoms with Crippen molar-refractivity contribution in [2.45, 2.75) is 26.2 Å². The highest BCUT2D eigenvalue weighted by molar-refractivity contribution is 5.44. The van der Waals surface area contributed by atoms with Gasteiger partial charge in [0.1, 0.15) is 0 Å². The van der Waals surface area contributed by atoms with Crippen LogP contribution in [0.15, 0.2) is 24.3 Å². The van der Waals surface area contributed by atoms with Crippen LogP contribution in [-0.2, 0) is 11.2 Å². The molecular formula is C14H21NO. The van der Waals surface area contributed by atoms with Gasteiger partial charge in [-0.1, -0.05) is 19.1 Å². The van der Waals surface area contributed by atoms with Crippen LogP contribution in [0.1, 0.15) is 25.3 Å².